The lowest BCUT2D eigenvalue weighted by Crippen LogP contribution is -2.20. The number of pyridine rings is 1. The van der Waals surface area contributed by atoms with Gasteiger partial charge in [-0.1, -0.05) is 55.4 Å². The number of hydrogen-bond acceptors (Lipinski definition) is 5. The van der Waals surface area contributed by atoms with Crippen molar-refractivity contribution < 1.29 is 14.4 Å². The van der Waals surface area contributed by atoms with E-state index in [9.17, 15) is 4.79 Å². The van der Waals surface area contributed by atoms with Gasteiger partial charge >= 0.3 is 0 Å². The molecular formula is C24H26N4O3. The standard InChI is InChI=1S/C24H26N4O3/c1-16(2)20-11-7-8-17(3)23(20)27-21(29)15-30-28-24(25)18-12-13-22(26-14-18)31-19-9-5-4-6-10-19/h4-14,16H,15H2,1-3H3,(H2,25,28)(H,27,29). The van der Waals surface area contributed by atoms with Crippen LogP contribution in [0.5, 0.6) is 11.6 Å². The molecule has 1 heterocycles. The molecule has 0 aliphatic heterocycles. The molecule has 0 aliphatic rings. The van der Waals surface area contributed by atoms with E-state index in [1.165, 1.54) is 6.20 Å². The molecule has 0 atom stereocenters. The molecule has 0 spiro atoms. The molecule has 1 amide bonds. The van der Waals surface area contributed by atoms with Gasteiger partial charge in [0.2, 0.25) is 5.88 Å². The van der Waals surface area contributed by atoms with Crippen molar-refractivity contribution in [2.45, 2.75) is 26.7 Å². The largest absolute Gasteiger partial charge is 0.439 e. The highest BCUT2D eigenvalue weighted by molar-refractivity contribution is 5.97. The quantitative estimate of drug-likeness (QED) is 0.317. The molecule has 3 aromatic rings. The van der Waals surface area contributed by atoms with Crippen LogP contribution in [0.15, 0.2) is 72.0 Å². The molecule has 0 bridgehead atoms. The van der Waals surface area contributed by atoms with Crippen molar-refractivity contribution >= 4 is 17.4 Å². The van der Waals surface area contributed by atoms with Crippen molar-refractivity contribution in [2.75, 3.05) is 11.9 Å². The minimum absolute atomic E-state index is 0.116. The van der Waals surface area contributed by atoms with Crippen molar-refractivity contribution in [3.8, 4) is 11.6 Å². The maximum Gasteiger partial charge on any atom is 0.265 e. The van der Waals surface area contributed by atoms with Crippen LogP contribution in [0.2, 0.25) is 0 Å². The van der Waals surface area contributed by atoms with Gasteiger partial charge < -0.3 is 20.6 Å². The third-order valence-electron chi connectivity index (χ3n) is 4.55. The number of aryl methyl sites for hydroxylation is 1. The van der Waals surface area contributed by atoms with E-state index in [4.69, 9.17) is 15.3 Å². The van der Waals surface area contributed by atoms with Crippen molar-refractivity contribution in [3.63, 3.8) is 0 Å². The molecule has 7 heteroatoms. The molecule has 0 saturated heterocycles. The first-order valence-corrected chi connectivity index (χ1v) is 9.98. The molecule has 0 saturated carbocycles. The number of nitrogens with one attached hydrogen (secondary N) is 1. The summed E-state index contributed by atoms with van der Waals surface area (Å²) in [4.78, 5) is 21.7. The molecule has 0 unspecified atom stereocenters. The summed E-state index contributed by atoms with van der Waals surface area (Å²) in [5.74, 6) is 1.21. The Morgan fingerprint density at radius 1 is 1.10 bits per heavy atom. The highest BCUT2D eigenvalue weighted by Crippen LogP contribution is 2.27. The SMILES string of the molecule is Cc1cccc(C(C)C)c1NC(=O)CO/N=C(/N)c1ccc(Oc2ccccc2)nc1. The Morgan fingerprint density at radius 3 is 2.55 bits per heavy atom. The van der Waals surface area contributed by atoms with E-state index in [1.54, 1.807) is 12.1 Å². The second-order valence-electron chi connectivity index (χ2n) is 7.29. The normalized spacial score (nSPS) is 11.3. The predicted molar refractivity (Wildman–Crippen MR) is 121 cm³/mol. The summed E-state index contributed by atoms with van der Waals surface area (Å²) in [6.07, 6.45) is 1.53. The van der Waals surface area contributed by atoms with Gasteiger partial charge in [-0.15, -0.1) is 0 Å². The molecule has 7 nitrogen and oxygen atoms in total. The number of amidine groups is 1. The Kier molecular flexibility index (Phi) is 7.22. The van der Waals surface area contributed by atoms with Gasteiger partial charge in [0.25, 0.3) is 5.91 Å². The third-order valence-corrected chi connectivity index (χ3v) is 4.55. The number of benzene rings is 2. The van der Waals surface area contributed by atoms with Gasteiger partial charge in [0, 0.05) is 23.5 Å². The molecule has 1 aromatic heterocycles. The van der Waals surface area contributed by atoms with E-state index in [2.05, 4.69) is 29.3 Å². The number of ether oxygens (including phenoxy) is 1. The molecule has 31 heavy (non-hydrogen) atoms. The number of nitrogens with two attached hydrogens (primary N) is 1. The van der Waals surface area contributed by atoms with Crippen LogP contribution in [0.25, 0.3) is 0 Å². The molecule has 160 valence electrons. The zero-order valence-corrected chi connectivity index (χ0v) is 17.8. The number of rotatable bonds is 8. The van der Waals surface area contributed by atoms with Crippen LogP contribution in [0.3, 0.4) is 0 Å². The number of carbonyl (C=O) groups is 1. The van der Waals surface area contributed by atoms with Gasteiger partial charge in [0.15, 0.2) is 12.4 Å². The summed E-state index contributed by atoms with van der Waals surface area (Å²) in [5.41, 5.74) is 9.36. The van der Waals surface area contributed by atoms with Crippen LogP contribution >= 0.6 is 0 Å². The van der Waals surface area contributed by atoms with Crippen LogP contribution < -0.4 is 15.8 Å². The highest BCUT2D eigenvalue weighted by Gasteiger charge is 2.12. The summed E-state index contributed by atoms with van der Waals surface area (Å²) in [5, 5.41) is 6.72. The number of hydrogen-bond donors (Lipinski definition) is 2. The van der Waals surface area contributed by atoms with Crippen LogP contribution in [0.1, 0.15) is 36.5 Å². The first-order valence-electron chi connectivity index (χ1n) is 9.98. The summed E-state index contributed by atoms with van der Waals surface area (Å²) < 4.78 is 5.64. The number of amides is 1. The second kappa shape index (κ2) is 10.2. The maximum absolute atomic E-state index is 12.3. The average Bonchev–Trinajstić information content (AvgIpc) is 2.76. The number of nitrogens with zero attached hydrogens (tertiary/aromatic N) is 2. The van der Waals surface area contributed by atoms with E-state index in [1.807, 2.05) is 55.5 Å². The number of para-hydroxylation sites is 2. The maximum atomic E-state index is 12.3. The van der Waals surface area contributed by atoms with E-state index < -0.39 is 0 Å². The third kappa shape index (κ3) is 6.05. The number of carbonyl (C=O) groups excluding carboxylic acids is 1. The first kappa shape index (κ1) is 21.8. The fourth-order valence-corrected chi connectivity index (χ4v) is 2.93. The van der Waals surface area contributed by atoms with Gasteiger partial charge in [-0.2, -0.15) is 0 Å². The Balaban J connectivity index is 1.56. The molecular weight excluding hydrogens is 392 g/mol. The number of aromatic nitrogens is 1. The summed E-state index contributed by atoms with van der Waals surface area (Å²) >= 11 is 0. The van der Waals surface area contributed by atoms with Gasteiger partial charge in [0.1, 0.15) is 5.75 Å². The fourth-order valence-electron chi connectivity index (χ4n) is 2.93. The number of oxime groups is 1. The molecule has 3 N–H and O–H groups in total. The molecule has 0 aliphatic carbocycles. The summed E-state index contributed by atoms with van der Waals surface area (Å²) in [6, 6.07) is 18.7. The van der Waals surface area contributed by atoms with E-state index in [-0.39, 0.29) is 24.3 Å². The predicted octanol–water partition coefficient (Wildman–Crippen LogP) is 4.58. The van der Waals surface area contributed by atoms with Crippen LogP contribution in [-0.4, -0.2) is 23.3 Å². The molecule has 3 rings (SSSR count). The second-order valence-corrected chi connectivity index (χ2v) is 7.29. The molecule has 2 aromatic carbocycles. The number of anilines is 1. The monoisotopic (exact) mass is 418 g/mol. The Labute approximate surface area is 181 Å². The zero-order valence-electron chi connectivity index (χ0n) is 17.8. The smallest absolute Gasteiger partial charge is 0.265 e. The first-order chi connectivity index (χ1) is 14.9. The van der Waals surface area contributed by atoms with Gasteiger partial charge in [-0.3, -0.25) is 4.79 Å². The van der Waals surface area contributed by atoms with Gasteiger partial charge in [-0.05, 0) is 42.2 Å². The summed E-state index contributed by atoms with van der Waals surface area (Å²) in [6.45, 7) is 5.86. The fraction of sp³-hybridized carbons (Fsp3) is 0.208. The Hall–Kier alpha value is -3.87. The van der Waals surface area contributed by atoms with Crippen molar-refractivity contribution in [2.24, 2.45) is 10.9 Å². The lowest BCUT2D eigenvalue weighted by molar-refractivity contribution is -0.120. The lowest BCUT2D eigenvalue weighted by atomic mass is 9.98. The Morgan fingerprint density at radius 2 is 1.87 bits per heavy atom. The van der Waals surface area contributed by atoms with Crippen molar-refractivity contribution in [1.82, 2.24) is 4.98 Å². The lowest BCUT2D eigenvalue weighted by Gasteiger charge is -2.16. The minimum Gasteiger partial charge on any atom is -0.439 e. The molecule has 0 radical (unpaired) electrons. The van der Waals surface area contributed by atoms with E-state index in [0.29, 0.717) is 17.2 Å². The van der Waals surface area contributed by atoms with Crippen molar-refractivity contribution in [1.29, 1.82) is 0 Å². The topological polar surface area (TPSA) is 98.8 Å². The minimum atomic E-state index is -0.308. The highest BCUT2D eigenvalue weighted by atomic mass is 16.6. The van der Waals surface area contributed by atoms with Crippen LogP contribution in [0.4, 0.5) is 5.69 Å². The molecule has 0 fully saturated rings. The van der Waals surface area contributed by atoms with Gasteiger partial charge in [0.05, 0.1) is 0 Å². The summed E-state index contributed by atoms with van der Waals surface area (Å²) in [7, 11) is 0. The average molecular weight is 418 g/mol. The van der Waals surface area contributed by atoms with Crippen LogP contribution in [-0.2, 0) is 9.63 Å². The van der Waals surface area contributed by atoms with E-state index >= 15 is 0 Å². The Bertz CT molecular complexity index is 1050. The van der Waals surface area contributed by atoms with E-state index in [0.717, 1.165) is 16.8 Å². The van der Waals surface area contributed by atoms with Gasteiger partial charge in [-0.25, -0.2) is 4.98 Å². The zero-order chi connectivity index (χ0) is 22.2. The van der Waals surface area contributed by atoms with Crippen molar-refractivity contribution in [3.05, 3.63) is 83.6 Å². The van der Waals surface area contributed by atoms with Crippen LogP contribution in [0, 0.1) is 6.92 Å².